The Morgan fingerprint density at radius 1 is 1.04 bits per heavy atom. The van der Waals surface area contributed by atoms with Crippen molar-refractivity contribution in [3.05, 3.63) is 83.7 Å². The lowest BCUT2D eigenvalue weighted by atomic mass is 9.90. The van der Waals surface area contributed by atoms with E-state index in [0.29, 0.717) is 17.8 Å². The summed E-state index contributed by atoms with van der Waals surface area (Å²) in [6.45, 7) is 1.85. The largest absolute Gasteiger partial charge is 0.385 e. The van der Waals surface area contributed by atoms with Crippen LogP contribution in [0.1, 0.15) is 24.5 Å². The molecule has 2 heterocycles. The summed E-state index contributed by atoms with van der Waals surface area (Å²) in [6.07, 6.45) is 5.23. The third-order valence-corrected chi connectivity index (χ3v) is 5.54. The van der Waals surface area contributed by atoms with Crippen LogP contribution in [0.15, 0.2) is 60.9 Å². The molecule has 3 nitrogen and oxygen atoms in total. The number of benzene rings is 2. The second kappa shape index (κ2) is 5.97. The second-order valence-corrected chi connectivity index (χ2v) is 7.55. The Hall–Kier alpha value is -3.05. The topological polar surface area (TPSA) is 37.5 Å². The van der Waals surface area contributed by atoms with Gasteiger partial charge in [0.25, 0.3) is 0 Å². The molecule has 1 atom stereocenters. The van der Waals surface area contributed by atoms with Crippen LogP contribution in [0.2, 0.25) is 0 Å². The molecule has 0 saturated heterocycles. The maximum atomic E-state index is 14.1. The summed E-state index contributed by atoms with van der Waals surface area (Å²) in [4.78, 5) is 4.46. The SMILES string of the molecule is CC1(O)CCc2cccc(-c3ccc4nc(-c5ccc(F)cc5F)cn4c3)c21. The van der Waals surface area contributed by atoms with E-state index >= 15 is 0 Å². The van der Waals surface area contributed by atoms with Gasteiger partial charge < -0.3 is 9.51 Å². The summed E-state index contributed by atoms with van der Waals surface area (Å²) >= 11 is 0. The first kappa shape index (κ1) is 17.1. The van der Waals surface area contributed by atoms with E-state index in [1.165, 1.54) is 17.7 Å². The molecule has 0 aliphatic heterocycles. The van der Waals surface area contributed by atoms with E-state index in [4.69, 9.17) is 0 Å². The number of nitrogens with zero attached hydrogens (tertiary/aromatic N) is 2. The molecule has 5 heteroatoms. The first-order valence-corrected chi connectivity index (χ1v) is 9.22. The van der Waals surface area contributed by atoms with Crippen molar-refractivity contribution in [2.45, 2.75) is 25.4 Å². The number of halogens is 2. The Bertz CT molecular complexity index is 1230. The third-order valence-electron chi connectivity index (χ3n) is 5.54. The van der Waals surface area contributed by atoms with E-state index in [1.54, 1.807) is 6.20 Å². The van der Waals surface area contributed by atoms with Crippen LogP contribution in [-0.4, -0.2) is 14.5 Å². The van der Waals surface area contributed by atoms with Crippen LogP contribution in [-0.2, 0) is 12.0 Å². The smallest absolute Gasteiger partial charge is 0.137 e. The minimum atomic E-state index is -0.849. The van der Waals surface area contributed by atoms with Crippen molar-refractivity contribution >= 4 is 5.65 Å². The molecule has 1 N–H and O–H groups in total. The maximum Gasteiger partial charge on any atom is 0.137 e. The quantitative estimate of drug-likeness (QED) is 0.528. The summed E-state index contributed by atoms with van der Waals surface area (Å²) in [5.74, 6) is -1.25. The zero-order valence-electron chi connectivity index (χ0n) is 15.3. The Balaban J connectivity index is 1.64. The molecule has 140 valence electrons. The number of fused-ring (bicyclic) bond motifs is 2. The molecule has 2 aromatic heterocycles. The molecule has 2 aromatic carbocycles. The average molecular weight is 376 g/mol. The summed E-state index contributed by atoms with van der Waals surface area (Å²) < 4.78 is 29.2. The summed E-state index contributed by atoms with van der Waals surface area (Å²) in [5.41, 5.74) is 4.61. The highest BCUT2D eigenvalue weighted by Gasteiger charge is 2.34. The molecule has 28 heavy (non-hydrogen) atoms. The summed E-state index contributed by atoms with van der Waals surface area (Å²) in [7, 11) is 0. The molecule has 4 aromatic rings. The van der Waals surface area contributed by atoms with Gasteiger partial charge in [0.1, 0.15) is 17.3 Å². The second-order valence-electron chi connectivity index (χ2n) is 7.55. The van der Waals surface area contributed by atoms with Gasteiger partial charge in [-0.2, -0.15) is 0 Å². The van der Waals surface area contributed by atoms with Crippen molar-refractivity contribution in [3.8, 4) is 22.4 Å². The molecule has 0 amide bonds. The predicted molar refractivity (Wildman–Crippen MR) is 104 cm³/mol. The number of hydrogen-bond acceptors (Lipinski definition) is 2. The lowest BCUT2D eigenvalue weighted by Gasteiger charge is -2.21. The van der Waals surface area contributed by atoms with E-state index in [9.17, 15) is 13.9 Å². The molecule has 1 aliphatic carbocycles. The van der Waals surface area contributed by atoms with Crippen molar-refractivity contribution in [3.63, 3.8) is 0 Å². The number of rotatable bonds is 2. The molecular formula is C23H18F2N2O. The Kier molecular flexibility index (Phi) is 3.64. The van der Waals surface area contributed by atoms with Gasteiger partial charge >= 0.3 is 0 Å². The third kappa shape index (κ3) is 2.62. The Labute approximate surface area is 160 Å². The zero-order chi connectivity index (χ0) is 19.5. The van der Waals surface area contributed by atoms with Crippen LogP contribution in [0.5, 0.6) is 0 Å². The van der Waals surface area contributed by atoms with Gasteiger partial charge in [0.05, 0.1) is 11.3 Å². The highest BCUT2D eigenvalue weighted by atomic mass is 19.1. The van der Waals surface area contributed by atoms with Crippen molar-refractivity contribution in [1.82, 2.24) is 9.38 Å². The summed E-state index contributed by atoms with van der Waals surface area (Å²) in [5, 5.41) is 10.8. The molecule has 5 rings (SSSR count). The fourth-order valence-corrected chi connectivity index (χ4v) is 4.17. The van der Waals surface area contributed by atoms with Gasteiger partial charge in [-0.3, -0.25) is 0 Å². The van der Waals surface area contributed by atoms with Crippen molar-refractivity contribution in [2.24, 2.45) is 0 Å². The van der Waals surface area contributed by atoms with Crippen LogP contribution in [0, 0.1) is 11.6 Å². The van der Waals surface area contributed by atoms with Gasteiger partial charge in [-0.05, 0) is 66.3 Å². The van der Waals surface area contributed by atoms with Gasteiger partial charge in [-0.1, -0.05) is 18.2 Å². The number of pyridine rings is 1. The predicted octanol–water partition coefficient (Wildman–Crippen LogP) is 5.10. The minimum Gasteiger partial charge on any atom is -0.385 e. The Morgan fingerprint density at radius 3 is 2.71 bits per heavy atom. The summed E-state index contributed by atoms with van der Waals surface area (Å²) in [6, 6.07) is 13.4. The Morgan fingerprint density at radius 2 is 1.89 bits per heavy atom. The van der Waals surface area contributed by atoms with E-state index in [2.05, 4.69) is 11.1 Å². The molecule has 0 fully saturated rings. The average Bonchev–Trinajstić information content (AvgIpc) is 3.22. The lowest BCUT2D eigenvalue weighted by molar-refractivity contribution is 0.0600. The molecule has 1 aliphatic rings. The number of imidazole rings is 1. The van der Waals surface area contributed by atoms with Crippen LogP contribution in [0.3, 0.4) is 0 Å². The molecule has 0 saturated carbocycles. The zero-order valence-corrected chi connectivity index (χ0v) is 15.3. The van der Waals surface area contributed by atoms with Gasteiger partial charge in [0, 0.05) is 24.0 Å². The number of aliphatic hydroxyl groups is 1. The molecule has 0 bridgehead atoms. The van der Waals surface area contributed by atoms with E-state index < -0.39 is 17.2 Å². The molecule has 0 radical (unpaired) electrons. The fourth-order valence-electron chi connectivity index (χ4n) is 4.17. The fraction of sp³-hybridized carbons (Fsp3) is 0.174. The number of aryl methyl sites for hydroxylation is 1. The number of aromatic nitrogens is 2. The van der Waals surface area contributed by atoms with Gasteiger partial charge in [-0.25, -0.2) is 13.8 Å². The first-order chi connectivity index (χ1) is 13.4. The highest BCUT2D eigenvalue weighted by molar-refractivity contribution is 5.72. The number of hydrogen-bond donors (Lipinski definition) is 1. The normalized spacial score (nSPS) is 18.6. The minimum absolute atomic E-state index is 0.259. The van der Waals surface area contributed by atoms with E-state index in [-0.39, 0.29) is 5.56 Å². The first-order valence-electron chi connectivity index (χ1n) is 9.22. The molecular weight excluding hydrogens is 358 g/mol. The van der Waals surface area contributed by atoms with Crippen LogP contribution in [0.25, 0.3) is 28.0 Å². The molecule has 1 unspecified atom stereocenters. The lowest BCUT2D eigenvalue weighted by Crippen LogP contribution is -2.17. The van der Waals surface area contributed by atoms with Crippen LogP contribution >= 0.6 is 0 Å². The van der Waals surface area contributed by atoms with Crippen LogP contribution < -0.4 is 0 Å². The monoisotopic (exact) mass is 376 g/mol. The van der Waals surface area contributed by atoms with Crippen molar-refractivity contribution < 1.29 is 13.9 Å². The van der Waals surface area contributed by atoms with Crippen molar-refractivity contribution in [2.75, 3.05) is 0 Å². The van der Waals surface area contributed by atoms with Crippen molar-refractivity contribution in [1.29, 1.82) is 0 Å². The van der Waals surface area contributed by atoms with Gasteiger partial charge in [0.2, 0.25) is 0 Å². The standard InChI is InChI=1S/C23H18F2N2O/c1-23(28)10-9-14-3-2-4-17(22(14)23)15-5-8-21-26-20(13-27(21)12-15)18-7-6-16(24)11-19(18)25/h2-8,11-13,28H,9-10H2,1H3. The van der Waals surface area contributed by atoms with E-state index in [0.717, 1.165) is 29.2 Å². The van der Waals surface area contributed by atoms with Gasteiger partial charge in [-0.15, -0.1) is 0 Å². The maximum absolute atomic E-state index is 14.1. The van der Waals surface area contributed by atoms with Gasteiger partial charge in [0.15, 0.2) is 0 Å². The highest BCUT2D eigenvalue weighted by Crippen LogP contribution is 2.42. The van der Waals surface area contributed by atoms with E-state index in [1.807, 2.05) is 41.8 Å². The van der Waals surface area contributed by atoms with Crippen LogP contribution in [0.4, 0.5) is 8.78 Å². The molecule has 0 spiro atoms.